The van der Waals surface area contributed by atoms with E-state index in [0.29, 0.717) is 22.2 Å². The topological polar surface area (TPSA) is 86.8 Å². The highest BCUT2D eigenvalue weighted by Gasteiger charge is 2.33. The van der Waals surface area contributed by atoms with Crippen LogP contribution in [0.1, 0.15) is 32.3 Å². The Morgan fingerprint density at radius 2 is 1.50 bits per heavy atom. The first kappa shape index (κ1) is 32.0. The van der Waals surface area contributed by atoms with Gasteiger partial charge in [-0.05, 0) is 55.8 Å². The maximum atomic E-state index is 14.0. The molecule has 3 aromatic rings. The van der Waals surface area contributed by atoms with Crippen molar-refractivity contribution in [1.29, 1.82) is 0 Å². The molecule has 0 aliphatic carbocycles. The normalized spacial score (nSPS) is 12.1. The van der Waals surface area contributed by atoms with E-state index >= 15 is 0 Å². The molecule has 12 heteroatoms. The highest BCUT2D eigenvalue weighted by Crippen LogP contribution is 2.31. The van der Waals surface area contributed by atoms with Gasteiger partial charge in [-0.25, -0.2) is 8.42 Å². The van der Waals surface area contributed by atoms with Crippen LogP contribution in [0, 0.1) is 0 Å². The number of carbonyl (C=O) groups is 2. The van der Waals surface area contributed by atoms with Crippen LogP contribution in [-0.2, 0) is 26.2 Å². The molecular formula is C28H29Cl4N3O4S. The Morgan fingerprint density at radius 1 is 0.900 bits per heavy atom. The van der Waals surface area contributed by atoms with E-state index in [2.05, 4.69) is 5.32 Å². The average Bonchev–Trinajstić information content (AvgIpc) is 2.91. The summed E-state index contributed by atoms with van der Waals surface area (Å²) in [6, 6.07) is 15.9. The Labute approximate surface area is 255 Å². The van der Waals surface area contributed by atoms with Gasteiger partial charge in [0.05, 0.1) is 10.6 Å². The predicted octanol–water partition coefficient (Wildman–Crippen LogP) is 6.83. The zero-order chi connectivity index (χ0) is 29.4. The second-order valence-corrected chi connectivity index (χ2v) is 12.5. The van der Waals surface area contributed by atoms with Crippen molar-refractivity contribution in [3.8, 4) is 0 Å². The van der Waals surface area contributed by atoms with Gasteiger partial charge in [-0.15, -0.1) is 0 Å². The summed E-state index contributed by atoms with van der Waals surface area (Å²) in [7, 11) is -4.25. The van der Waals surface area contributed by atoms with Gasteiger partial charge in [0, 0.05) is 38.7 Å². The van der Waals surface area contributed by atoms with Gasteiger partial charge in [0.2, 0.25) is 11.8 Å². The molecule has 0 aliphatic rings. The smallest absolute Gasteiger partial charge is 0.264 e. The minimum absolute atomic E-state index is 0.0371. The molecule has 0 heterocycles. The third kappa shape index (κ3) is 8.04. The number of amides is 2. The summed E-state index contributed by atoms with van der Waals surface area (Å²) >= 11 is 25.2. The van der Waals surface area contributed by atoms with Crippen LogP contribution >= 0.6 is 46.4 Å². The number of anilines is 1. The van der Waals surface area contributed by atoms with Crippen molar-refractivity contribution in [3.05, 3.63) is 92.4 Å². The highest BCUT2D eigenvalue weighted by molar-refractivity contribution is 7.92. The molecule has 0 aromatic heterocycles. The summed E-state index contributed by atoms with van der Waals surface area (Å²) < 4.78 is 28.5. The van der Waals surface area contributed by atoms with Gasteiger partial charge in [-0.2, -0.15) is 0 Å². The van der Waals surface area contributed by atoms with Gasteiger partial charge in [-0.1, -0.05) is 84.0 Å². The summed E-state index contributed by atoms with van der Waals surface area (Å²) in [5.41, 5.74) is 0.515. The molecule has 0 spiro atoms. The summed E-state index contributed by atoms with van der Waals surface area (Å²) in [6.07, 6.45) is 1.64. The standard InChI is InChI=1S/C28H29Cl4N3O4S/c1-3-4-13-33-28(37)19(2)34(17-24-25(31)11-8-12-26(24)32)27(36)18-35(22-15-20(29)14-21(30)16-22)40(38,39)23-9-6-5-7-10-23/h5-12,14-16,19H,3-4,13,17-18H2,1-2H3,(H,33,37)/t19-/m0/s1. The van der Waals surface area contributed by atoms with Crippen molar-refractivity contribution in [2.45, 2.75) is 44.2 Å². The van der Waals surface area contributed by atoms with Crippen molar-refractivity contribution in [3.63, 3.8) is 0 Å². The number of nitrogens with zero attached hydrogens (tertiary/aromatic N) is 2. The predicted molar refractivity (Wildman–Crippen MR) is 162 cm³/mol. The van der Waals surface area contributed by atoms with E-state index in [1.165, 1.54) is 35.2 Å². The molecule has 0 radical (unpaired) electrons. The van der Waals surface area contributed by atoms with Crippen molar-refractivity contribution in [2.24, 2.45) is 0 Å². The number of halogens is 4. The Hall–Kier alpha value is -2.49. The molecule has 0 unspecified atom stereocenters. The van der Waals surface area contributed by atoms with Crippen LogP contribution in [0.5, 0.6) is 0 Å². The fourth-order valence-corrected chi connectivity index (χ4v) is 6.35. The van der Waals surface area contributed by atoms with Gasteiger partial charge in [0.15, 0.2) is 0 Å². The van der Waals surface area contributed by atoms with E-state index < -0.39 is 34.4 Å². The zero-order valence-electron chi connectivity index (χ0n) is 21.9. The van der Waals surface area contributed by atoms with Crippen molar-refractivity contribution >= 4 is 73.9 Å². The lowest BCUT2D eigenvalue weighted by Crippen LogP contribution is -2.51. The number of benzene rings is 3. The number of sulfonamides is 1. The fourth-order valence-electron chi connectivity index (χ4n) is 3.90. The first-order chi connectivity index (χ1) is 18.9. The zero-order valence-corrected chi connectivity index (χ0v) is 25.8. The highest BCUT2D eigenvalue weighted by atomic mass is 35.5. The minimum atomic E-state index is -4.25. The van der Waals surface area contributed by atoms with Crippen LogP contribution < -0.4 is 9.62 Å². The first-order valence-electron chi connectivity index (χ1n) is 12.5. The minimum Gasteiger partial charge on any atom is -0.354 e. The van der Waals surface area contributed by atoms with Crippen LogP contribution in [-0.4, -0.2) is 44.3 Å². The Bertz CT molecular complexity index is 1410. The first-order valence-corrected chi connectivity index (χ1v) is 15.4. The molecule has 0 saturated heterocycles. The Kier molecular flexibility index (Phi) is 11.5. The van der Waals surface area contributed by atoms with Crippen molar-refractivity contribution < 1.29 is 18.0 Å². The molecule has 214 valence electrons. The quantitative estimate of drug-likeness (QED) is 0.219. The molecule has 0 aliphatic heterocycles. The summed E-state index contributed by atoms with van der Waals surface area (Å²) in [5.74, 6) is -1.06. The maximum absolute atomic E-state index is 14.0. The summed E-state index contributed by atoms with van der Waals surface area (Å²) in [5, 5.41) is 3.81. The van der Waals surface area contributed by atoms with E-state index in [9.17, 15) is 18.0 Å². The molecule has 1 N–H and O–H groups in total. The third-order valence-electron chi connectivity index (χ3n) is 6.13. The number of rotatable bonds is 12. The molecule has 1 atom stereocenters. The van der Waals surface area contributed by atoms with Gasteiger partial charge < -0.3 is 10.2 Å². The second kappa shape index (κ2) is 14.4. The van der Waals surface area contributed by atoms with Gasteiger partial charge in [0.25, 0.3) is 10.0 Å². The van der Waals surface area contributed by atoms with E-state index in [-0.39, 0.29) is 27.2 Å². The molecule has 40 heavy (non-hydrogen) atoms. The number of hydrogen-bond donors (Lipinski definition) is 1. The molecule has 0 fully saturated rings. The number of carbonyl (C=O) groups excluding carboxylic acids is 2. The number of hydrogen-bond acceptors (Lipinski definition) is 4. The Balaban J connectivity index is 2.06. The Morgan fingerprint density at radius 3 is 2.08 bits per heavy atom. The lowest BCUT2D eigenvalue weighted by atomic mass is 10.1. The van der Waals surface area contributed by atoms with E-state index in [4.69, 9.17) is 46.4 Å². The van der Waals surface area contributed by atoms with E-state index in [1.807, 2.05) is 6.92 Å². The second-order valence-electron chi connectivity index (χ2n) is 8.99. The summed E-state index contributed by atoms with van der Waals surface area (Å²) in [6.45, 7) is 3.22. The lowest BCUT2D eigenvalue weighted by Gasteiger charge is -2.32. The van der Waals surface area contributed by atoms with Crippen LogP contribution in [0.3, 0.4) is 0 Å². The van der Waals surface area contributed by atoms with Crippen LogP contribution in [0.15, 0.2) is 71.6 Å². The monoisotopic (exact) mass is 643 g/mol. The van der Waals surface area contributed by atoms with E-state index in [0.717, 1.165) is 17.1 Å². The molecule has 2 amide bonds. The molecule has 0 bridgehead atoms. The molecule has 3 rings (SSSR count). The molecule has 0 saturated carbocycles. The number of nitrogens with one attached hydrogen (secondary N) is 1. The number of unbranched alkanes of at least 4 members (excludes halogenated alkanes) is 1. The SMILES string of the molecule is CCCCNC(=O)[C@H](C)N(Cc1c(Cl)cccc1Cl)C(=O)CN(c1cc(Cl)cc(Cl)c1)S(=O)(=O)c1ccccc1. The molecule has 7 nitrogen and oxygen atoms in total. The van der Waals surface area contributed by atoms with Crippen molar-refractivity contribution in [2.75, 3.05) is 17.4 Å². The van der Waals surface area contributed by atoms with E-state index in [1.54, 1.807) is 43.3 Å². The maximum Gasteiger partial charge on any atom is 0.264 e. The van der Waals surface area contributed by atoms with Gasteiger partial charge >= 0.3 is 0 Å². The van der Waals surface area contributed by atoms with Gasteiger partial charge in [-0.3, -0.25) is 13.9 Å². The lowest BCUT2D eigenvalue weighted by molar-refractivity contribution is -0.139. The van der Waals surface area contributed by atoms with Crippen LogP contribution in [0.25, 0.3) is 0 Å². The largest absolute Gasteiger partial charge is 0.354 e. The molecule has 3 aromatic carbocycles. The van der Waals surface area contributed by atoms with Gasteiger partial charge in [0.1, 0.15) is 12.6 Å². The van der Waals surface area contributed by atoms with Crippen LogP contribution in [0.4, 0.5) is 5.69 Å². The average molecular weight is 645 g/mol. The summed E-state index contributed by atoms with van der Waals surface area (Å²) in [4.78, 5) is 28.2. The van der Waals surface area contributed by atoms with Crippen LogP contribution in [0.2, 0.25) is 20.1 Å². The molecular weight excluding hydrogens is 616 g/mol. The van der Waals surface area contributed by atoms with Crippen molar-refractivity contribution in [1.82, 2.24) is 10.2 Å². The third-order valence-corrected chi connectivity index (χ3v) is 9.07. The fraction of sp³-hybridized carbons (Fsp3) is 0.286.